The first-order chi connectivity index (χ1) is 16.6. The summed E-state index contributed by atoms with van der Waals surface area (Å²) in [5, 5.41) is 13.2. The molecule has 176 valence electrons. The van der Waals surface area contributed by atoms with Crippen molar-refractivity contribution >= 4 is 34.3 Å². The third-order valence-corrected chi connectivity index (χ3v) is 7.48. The third kappa shape index (κ3) is 6.76. The van der Waals surface area contributed by atoms with Crippen LogP contribution in [0.5, 0.6) is 0 Å². The van der Waals surface area contributed by atoms with E-state index in [1.807, 2.05) is 29.3 Å². The molecule has 1 N–H and O–H groups in total. The van der Waals surface area contributed by atoms with Crippen LogP contribution < -0.4 is 0 Å². The number of thioether (sulfide) groups is 1. The minimum atomic E-state index is -0.905. The van der Waals surface area contributed by atoms with Gasteiger partial charge in [-0.3, -0.25) is 9.80 Å². The number of carboxylic acids is 1. The molecule has 8 heteroatoms. The average molecular weight is 495 g/mol. The highest BCUT2D eigenvalue weighted by Gasteiger charge is 2.26. The van der Waals surface area contributed by atoms with Crippen molar-refractivity contribution in [1.82, 2.24) is 10.0 Å². The van der Waals surface area contributed by atoms with Crippen LogP contribution in [0.1, 0.15) is 44.1 Å². The van der Waals surface area contributed by atoms with Crippen molar-refractivity contribution < 1.29 is 19.1 Å². The quantitative estimate of drug-likeness (QED) is 0.318. The smallest absolute Gasteiger partial charge is 0.345 e. The normalized spacial score (nSPS) is 14.1. The Labute approximate surface area is 207 Å². The number of rotatable bonds is 9. The van der Waals surface area contributed by atoms with Gasteiger partial charge >= 0.3 is 5.97 Å². The summed E-state index contributed by atoms with van der Waals surface area (Å²) in [6.45, 7) is 2.25. The maximum atomic E-state index is 12.5. The highest BCUT2D eigenvalue weighted by atomic mass is 32.2. The summed E-state index contributed by atoms with van der Waals surface area (Å²) in [5.74, 6) is 6.17. The van der Waals surface area contributed by atoms with E-state index in [1.54, 1.807) is 18.6 Å². The van der Waals surface area contributed by atoms with Gasteiger partial charge in [0, 0.05) is 42.2 Å². The summed E-state index contributed by atoms with van der Waals surface area (Å²) in [6, 6.07) is 13.6. The number of carboxylic acid groups (broad SMARTS) is 1. The fraction of sp³-hybridized carbons (Fsp3) is 0.308. The Morgan fingerprint density at radius 1 is 1.06 bits per heavy atom. The van der Waals surface area contributed by atoms with E-state index in [0.717, 1.165) is 54.1 Å². The summed E-state index contributed by atoms with van der Waals surface area (Å²) < 4.78 is 5.05. The number of aromatic carboxylic acids is 1. The van der Waals surface area contributed by atoms with E-state index in [2.05, 4.69) is 29.0 Å². The van der Waals surface area contributed by atoms with Crippen molar-refractivity contribution in [3.8, 4) is 11.8 Å². The number of hydrazine groups is 1. The first-order valence-electron chi connectivity index (χ1n) is 11.2. The zero-order valence-electron chi connectivity index (χ0n) is 18.7. The minimum Gasteiger partial charge on any atom is -0.477 e. The Bertz CT molecular complexity index is 1180. The zero-order valence-corrected chi connectivity index (χ0v) is 20.4. The minimum absolute atomic E-state index is 0.0742. The van der Waals surface area contributed by atoms with Gasteiger partial charge < -0.3 is 9.52 Å². The Morgan fingerprint density at radius 3 is 2.74 bits per heavy atom. The number of nitrogens with zero attached hydrogens (tertiary/aromatic N) is 2. The van der Waals surface area contributed by atoms with Crippen molar-refractivity contribution in [3.05, 3.63) is 81.4 Å². The Balaban J connectivity index is 1.26. The van der Waals surface area contributed by atoms with Gasteiger partial charge in [0.1, 0.15) is 11.1 Å². The Morgan fingerprint density at radius 2 is 1.94 bits per heavy atom. The summed E-state index contributed by atoms with van der Waals surface area (Å²) >= 11 is 2.63. The molecule has 0 bridgehead atoms. The summed E-state index contributed by atoms with van der Waals surface area (Å²) in [6.07, 6.45) is 6.89. The van der Waals surface area contributed by atoms with Gasteiger partial charge in [-0.05, 0) is 55.2 Å². The molecular formula is C26H26N2O4S2. The Kier molecular flexibility index (Phi) is 8.47. The molecule has 6 nitrogen and oxygen atoms in total. The molecule has 34 heavy (non-hydrogen) atoms. The van der Waals surface area contributed by atoms with Gasteiger partial charge in [-0.15, -0.1) is 11.3 Å². The van der Waals surface area contributed by atoms with E-state index in [4.69, 9.17) is 9.52 Å². The second-order valence-electron chi connectivity index (χ2n) is 7.93. The number of carbonyl (C=O) groups excluding carboxylic acids is 1. The van der Waals surface area contributed by atoms with Crippen LogP contribution in [0.25, 0.3) is 0 Å². The highest BCUT2D eigenvalue weighted by molar-refractivity contribution is 8.13. The van der Waals surface area contributed by atoms with E-state index in [9.17, 15) is 9.59 Å². The van der Waals surface area contributed by atoms with Crippen molar-refractivity contribution in [1.29, 1.82) is 0 Å². The largest absolute Gasteiger partial charge is 0.477 e. The number of hydrogen-bond acceptors (Lipinski definition) is 6. The Hall–Kier alpha value is -2.99. The van der Waals surface area contributed by atoms with Gasteiger partial charge in [0.05, 0.1) is 11.8 Å². The standard InChI is InChI=1S/C26H26N2O4S2/c29-25(30)24-10-9-23(34-24)11-14-28-26(31)33-17-15-27(28)13-2-1-4-20-5-3-6-21(18-20)7-8-22-12-16-32-19-22/h3,5-6,9-10,12,16,18-19H,1-2,4,11,13-15,17H2,(H,29,30). The van der Waals surface area contributed by atoms with Gasteiger partial charge in [0.15, 0.2) is 0 Å². The first kappa shape index (κ1) is 24.1. The van der Waals surface area contributed by atoms with Crippen LogP contribution in [0.2, 0.25) is 0 Å². The van der Waals surface area contributed by atoms with Gasteiger partial charge in [0.2, 0.25) is 0 Å². The molecule has 1 saturated heterocycles. The number of unbranched alkanes of at least 4 members (excludes halogenated alkanes) is 1. The highest BCUT2D eigenvalue weighted by Crippen LogP contribution is 2.22. The number of benzene rings is 1. The number of furan rings is 1. The summed E-state index contributed by atoms with van der Waals surface area (Å²) in [5.41, 5.74) is 3.11. The fourth-order valence-electron chi connectivity index (χ4n) is 3.77. The molecule has 0 radical (unpaired) electrons. The van der Waals surface area contributed by atoms with Crippen LogP contribution in [-0.4, -0.2) is 51.7 Å². The van der Waals surface area contributed by atoms with Gasteiger partial charge in [-0.25, -0.2) is 9.80 Å². The number of hydrogen-bond donors (Lipinski definition) is 1. The van der Waals surface area contributed by atoms with Gasteiger partial charge in [-0.1, -0.05) is 35.7 Å². The molecule has 0 saturated carbocycles. The number of thiophene rings is 1. The lowest BCUT2D eigenvalue weighted by Gasteiger charge is -2.38. The summed E-state index contributed by atoms with van der Waals surface area (Å²) in [7, 11) is 0. The molecule has 1 aliphatic heterocycles. The van der Waals surface area contributed by atoms with Crippen LogP contribution in [0.4, 0.5) is 4.79 Å². The first-order valence-corrected chi connectivity index (χ1v) is 13.0. The molecule has 1 aromatic carbocycles. The maximum absolute atomic E-state index is 12.5. The van der Waals surface area contributed by atoms with E-state index in [1.165, 1.54) is 28.7 Å². The van der Waals surface area contributed by atoms with Crippen molar-refractivity contribution in [2.24, 2.45) is 0 Å². The monoisotopic (exact) mass is 494 g/mol. The van der Waals surface area contributed by atoms with E-state index < -0.39 is 5.97 Å². The van der Waals surface area contributed by atoms with E-state index >= 15 is 0 Å². The molecule has 0 spiro atoms. The molecule has 2 aromatic heterocycles. The van der Waals surface area contributed by atoms with Crippen LogP contribution in [-0.2, 0) is 12.8 Å². The molecule has 0 aliphatic carbocycles. The third-order valence-electron chi connectivity index (χ3n) is 5.50. The van der Waals surface area contributed by atoms with Crippen molar-refractivity contribution in [2.45, 2.75) is 25.7 Å². The number of amides is 1. The van der Waals surface area contributed by atoms with Crippen LogP contribution in [0.3, 0.4) is 0 Å². The van der Waals surface area contributed by atoms with Crippen LogP contribution in [0.15, 0.2) is 59.4 Å². The molecule has 3 heterocycles. The SMILES string of the molecule is O=C(O)c1ccc(CCN2C(=O)SCCN2CCCCc2cccc(C#Cc3ccoc3)c2)s1. The zero-order chi connectivity index (χ0) is 23.8. The maximum Gasteiger partial charge on any atom is 0.345 e. The number of aryl methyl sites for hydroxylation is 1. The number of carbonyl (C=O) groups is 2. The fourth-order valence-corrected chi connectivity index (χ4v) is 5.43. The van der Waals surface area contributed by atoms with Gasteiger partial charge in [0.25, 0.3) is 5.24 Å². The van der Waals surface area contributed by atoms with Crippen LogP contribution in [0, 0.1) is 11.8 Å². The second kappa shape index (κ2) is 11.9. The lowest BCUT2D eigenvalue weighted by Crippen LogP contribution is -2.50. The molecule has 1 fully saturated rings. The molecule has 0 atom stereocenters. The lowest BCUT2D eigenvalue weighted by atomic mass is 10.1. The van der Waals surface area contributed by atoms with Crippen molar-refractivity contribution in [2.75, 3.05) is 25.4 Å². The predicted molar refractivity (Wildman–Crippen MR) is 135 cm³/mol. The second-order valence-corrected chi connectivity index (χ2v) is 10.1. The predicted octanol–water partition coefficient (Wildman–Crippen LogP) is 5.39. The van der Waals surface area contributed by atoms with E-state index in [-0.39, 0.29) is 5.24 Å². The molecular weight excluding hydrogens is 468 g/mol. The average Bonchev–Trinajstić information content (AvgIpc) is 3.53. The molecule has 1 aliphatic rings. The lowest BCUT2D eigenvalue weighted by molar-refractivity contribution is 0.0270. The molecule has 0 unspecified atom stereocenters. The summed E-state index contributed by atoms with van der Waals surface area (Å²) in [4.78, 5) is 24.9. The molecule has 4 rings (SSSR count). The van der Waals surface area contributed by atoms with Crippen LogP contribution >= 0.6 is 23.1 Å². The topological polar surface area (TPSA) is 74.0 Å². The molecule has 3 aromatic rings. The van der Waals surface area contributed by atoms with E-state index in [0.29, 0.717) is 17.8 Å². The van der Waals surface area contributed by atoms with Crippen molar-refractivity contribution in [3.63, 3.8) is 0 Å². The van der Waals surface area contributed by atoms with Gasteiger partial charge in [-0.2, -0.15) is 0 Å². The molecule has 1 amide bonds.